The molecule has 0 aromatic heterocycles. The van der Waals surface area contributed by atoms with Gasteiger partial charge in [-0.05, 0) is 31.0 Å². The molecule has 0 saturated carbocycles. The molecule has 0 unspecified atom stereocenters. The van der Waals surface area contributed by atoms with Gasteiger partial charge in [-0.2, -0.15) is 0 Å². The minimum absolute atomic E-state index is 0.191. The molecule has 102 valence electrons. The van der Waals surface area contributed by atoms with Crippen LogP contribution in [0.15, 0.2) is 24.3 Å². The summed E-state index contributed by atoms with van der Waals surface area (Å²) in [4.78, 5) is 24.9. The van der Waals surface area contributed by atoms with E-state index in [0.717, 1.165) is 13.0 Å². The van der Waals surface area contributed by atoms with E-state index in [-0.39, 0.29) is 11.8 Å². The van der Waals surface area contributed by atoms with Gasteiger partial charge >= 0.3 is 0 Å². The van der Waals surface area contributed by atoms with Crippen LogP contribution in [0.1, 0.15) is 29.6 Å². The molecule has 2 amide bonds. The highest BCUT2D eigenvalue weighted by Crippen LogP contribution is 2.09. The Labute approximate surface area is 111 Å². The molecule has 1 aliphatic rings. The van der Waals surface area contributed by atoms with E-state index in [9.17, 15) is 14.0 Å². The second-order valence-corrected chi connectivity index (χ2v) is 4.60. The first-order valence-corrected chi connectivity index (χ1v) is 6.48. The molecule has 1 aromatic carbocycles. The van der Waals surface area contributed by atoms with Crippen LogP contribution >= 0.6 is 0 Å². The normalized spacial score (nSPS) is 14.8. The standard InChI is InChI=1S/C14H17FN2O2/c15-12-5-1-4-11(10-12)14(19)16-7-3-9-17-8-2-6-13(17)18/h1,4-5,10H,2-3,6-9H2,(H,16,19). The van der Waals surface area contributed by atoms with Crippen molar-refractivity contribution < 1.29 is 14.0 Å². The zero-order valence-electron chi connectivity index (χ0n) is 10.7. The molecule has 1 heterocycles. The van der Waals surface area contributed by atoms with Gasteiger partial charge in [0.2, 0.25) is 5.91 Å². The number of nitrogens with one attached hydrogen (secondary N) is 1. The fourth-order valence-corrected chi connectivity index (χ4v) is 2.14. The van der Waals surface area contributed by atoms with Crippen LogP contribution in [0.4, 0.5) is 4.39 Å². The summed E-state index contributed by atoms with van der Waals surface area (Å²) in [6, 6.07) is 5.59. The van der Waals surface area contributed by atoms with Gasteiger partial charge in [0.15, 0.2) is 0 Å². The number of halogens is 1. The summed E-state index contributed by atoms with van der Waals surface area (Å²) in [5.74, 6) is -0.515. The van der Waals surface area contributed by atoms with Crippen LogP contribution in [-0.2, 0) is 4.79 Å². The summed E-state index contributed by atoms with van der Waals surface area (Å²) in [6.07, 6.45) is 2.27. The van der Waals surface area contributed by atoms with Gasteiger partial charge in [0.05, 0.1) is 0 Å². The summed E-state index contributed by atoms with van der Waals surface area (Å²) in [5, 5.41) is 2.72. The van der Waals surface area contributed by atoms with E-state index < -0.39 is 5.82 Å². The van der Waals surface area contributed by atoms with E-state index in [1.807, 2.05) is 4.90 Å². The maximum atomic E-state index is 12.9. The maximum absolute atomic E-state index is 12.9. The van der Waals surface area contributed by atoms with Crippen LogP contribution in [0.25, 0.3) is 0 Å². The fourth-order valence-electron chi connectivity index (χ4n) is 2.14. The van der Waals surface area contributed by atoms with Crippen LogP contribution in [0, 0.1) is 5.82 Å². The van der Waals surface area contributed by atoms with E-state index in [1.165, 1.54) is 18.2 Å². The smallest absolute Gasteiger partial charge is 0.251 e. The second-order valence-electron chi connectivity index (χ2n) is 4.60. The number of carbonyl (C=O) groups excluding carboxylic acids is 2. The van der Waals surface area contributed by atoms with Crippen molar-refractivity contribution >= 4 is 11.8 Å². The van der Waals surface area contributed by atoms with Crippen molar-refractivity contribution in [3.63, 3.8) is 0 Å². The van der Waals surface area contributed by atoms with Crippen LogP contribution in [0.3, 0.4) is 0 Å². The molecule has 0 bridgehead atoms. The molecule has 1 aromatic rings. The third-order valence-corrected chi connectivity index (χ3v) is 3.15. The number of rotatable bonds is 5. The summed E-state index contributed by atoms with van der Waals surface area (Å²) < 4.78 is 12.9. The summed E-state index contributed by atoms with van der Waals surface area (Å²) >= 11 is 0. The zero-order chi connectivity index (χ0) is 13.7. The van der Waals surface area contributed by atoms with E-state index in [2.05, 4.69) is 5.32 Å². The maximum Gasteiger partial charge on any atom is 0.251 e. The molecule has 1 aliphatic heterocycles. The number of carbonyl (C=O) groups is 2. The third-order valence-electron chi connectivity index (χ3n) is 3.15. The van der Waals surface area contributed by atoms with Crippen molar-refractivity contribution in [2.45, 2.75) is 19.3 Å². The Kier molecular flexibility index (Phi) is 4.49. The van der Waals surface area contributed by atoms with Crippen molar-refractivity contribution in [1.29, 1.82) is 0 Å². The summed E-state index contributed by atoms with van der Waals surface area (Å²) in [7, 11) is 0. The van der Waals surface area contributed by atoms with E-state index in [0.29, 0.717) is 31.5 Å². The number of hydrogen-bond acceptors (Lipinski definition) is 2. The van der Waals surface area contributed by atoms with Gasteiger partial charge in [-0.1, -0.05) is 6.07 Å². The Bertz CT molecular complexity index is 476. The van der Waals surface area contributed by atoms with Crippen molar-refractivity contribution in [2.24, 2.45) is 0 Å². The van der Waals surface area contributed by atoms with E-state index in [4.69, 9.17) is 0 Å². The first-order valence-electron chi connectivity index (χ1n) is 6.48. The number of benzene rings is 1. The molecule has 0 radical (unpaired) electrons. The quantitative estimate of drug-likeness (QED) is 0.821. The number of nitrogens with zero attached hydrogens (tertiary/aromatic N) is 1. The Morgan fingerprint density at radius 1 is 1.42 bits per heavy atom. The molecule has 5 heteroatoms. The van der Waals surface area contributed by atoms with Crippen molar-refractivity contribution in [3.8, 4) is 0 Å². The Morgan fingerprint density at radius 3 is 2.95 bits per heavy atom. The SMILES string of the molecule is O=C(NCCCN1CCCC1=O)c1cccc(F)c1. The monoisotopic (exact) mass is 264 g/mol. The van der Waals surface area contributed by atoms with Crippen LogP contribution in [0.5, 0.6) is 0 Å². The van der Waals surface area contributed by atoms with E-state index >= 15 is 0 Å². The number of amides is 2. The predicted molar refractivity (Wildman–Crippen MR) is 69.2 cm³/mol. The molecule has 1 N–H and O–H groups in total. The molecule has 1 saturated heterocycles. The van der Waals surface area contributed by atoms with Gasteiger partial charge in [-0.25, -0.2) is 4.39 Å². The topological polar surface area (TPSA) is 49.4 Å². The van der Waals surface area contributed by atoms with Gasteiger partial charge < -0.3 is 10.2 Å². The Balaban J connectivity index is 1.71. The van der Waals surface area contributed by atoms with Gasteiger partial charge in [-0.3, -0.25) is 9.59 Å². The van der Waals surface area contributed by atoms with Gasteiger partial charge in [-0.15, -0.1) is 0 Å². The Hall–Kier alpha value is -1.91. The molecule has 4 nitrogen and oxygen atoms in total. The first kappa shape index (κ1) is 13.5. The molecule has 0 spiro atoms. The van der Waals surface area contributed by atoms with Gasteiger partial charge in [0, 0.05) is 31.6 Å². The highest BCUT2D eigenvalue weighted by Gasteiger charge is 2.19. The minimum atomic E-state index is -0.421. The highest BCUT2D eigenvalue weighted by molar-refractivity contribution is 5.94. The summed E-state index contributed by atoms with van der Waals surface area (Å²) in [5.41, 5.74) is 0.317. The highest BCUT2D eigenvalue weighted by atomic mass is 19.1. The molecule has 0 aliphatic carbocycles. The number of hydrogen-bond donors (Lipinski definition) is 1. The second kappa shape index (κ2) is 6.31. The van der Waals surface area contributed by atoms with Crippen molar-refractivity contribution in [2.75, 3.05) is 19.6 Å². The average Bonchev–Trinajstić information content (AvgIpc) is 2.80. The molecule has 2 rings (SSSR count). The van der Waals surface area contributed by atoms with E-state index in [1.54, 1.807) is 6.07 Å². The van der Waals surface area contributed by atoms with Gasteiger partial charge in [0.25, 0.3) is 5.91 Å². The van der Waals surface area contributed by atoms with Gasteiger partial charge in [0.1, 0.15) is 5.82 Å². The lowest BCUT2D eigenvalue weighted by Gasteiger charge is -2.15. The van der Waals surface area contributed by atoms with Crippen molar-refractivity contribution in [1.82, 2.24) is 10.2 Å². The van der Waals surface area contributed by atoms with Crippen LogP contribution in [0.2, 0.25) is 0 Å². The molecule has 0 atom stereocenters. The Morgan fingerprint density at radius 2 is 2.26 bits per heavy atom. The lowest BCUT2D eigenvalue weighted by molar-refractivity contribution is -0.127. The average molecular weight is 264 g/mol. The zero-order valence-corrected chi connectivity index (χ0v) is 10.7. The third kappa shape index (κ3) is 3.77. The minimum Gasteiger partial charge on any atom is -0.352 e. The molecule has 1 fully saturated rings. The predicted octanol–water partition coefficient (Wildman–Crippen LogP) is 1.57. The lowest BCUT2D eigenvalue weighted by Crippen LogP contribution is -2.30. The molecule has 19 heavy (non-hydrogen) atoms. The van der Waals surface area contributed by atoms with Crippen LogP contribution in [-0.4, -0.2) is 36.3 Å². The first-order chi connectivity index (χ1) is 9.16. The largest absolute Gasteiger partial charge is 0.352 e. The molecular formula is C14H17FN2O2. The summed E-state index contributed by atoms with van der Waals surface area (Å²) in [6.45, 7) is 1.97. The number of likely N-dealkylation sites (tertiary alicyclic amines) is 1. The van der Waals surface area contributed by atoms with Crippen molar-refractivity contribution in [3.05, 3.63) is 35.6 Å². The molecular weight excluding hydrogens is 247 g/mol. The fraction of sp³-hybridized carbons (Fsp3) is 0.429. The van der Waals surface area contributed by atoms with Crippen LogP contribution < -0.4 is 5.32 Å². The lowest BCUT2D eigenvalue weighted by atomic mass is 10.2.